The van der Waals surface area contributed by atoms with Crippen LogP contribution in [0.1, 0.15) is 18.4 Å². The lowest BCUT2D eigenvalue weighted by Crippen LogP contribution is -2.41. The van der Waals surface area contributed by atoms with Gasteiger partial charge in [-0.1, -0.05) is 6.07 Å². The van der Waals surface area contributed by atoms with E-state index in [1.165, 1.54) is 6.42 Å². The van der Waals surface area contributed by atoms with Crippen molar-refractivity contribution in [1.29, 1.82) is 0 Å². The molecule has 4 nitrogen and oxygen atoms in total. The monoisotopic (exact) mass is 315 g/mol. The van der Waals surface area contributed by atoms with E-state index in [9.17, 15) is 4.79 Å². The number of aromatic nitrogens is 1. The average molecular weight is 315 g/mol. The molecule has 22 heavy (non-hydrogen) atoms. The predicted octanol–water partition coefficient (Wildman–Crippen LogP) is 2.72. The van der Waals surface area contributed by atoms with Crippen molar-refractivity contribution in [2.24, 2.45) is 5.92 Å². The van der Waals surface area contributed by atoms with Crippen LogP contribution in [0.4, 0.5) is 5.82 Å². The third kappa shape index (κ3) is 4.07. The lowest BCUT2D eigenvalue weighted by molar-refractivity contribution is -0.120. The normalized spacial score (nSPS) is 18.2. The maximum Gasteiger partial charge on any atom is 0.224 e. The molecule has 1 atom stereocenters. The minimum Gasteiger partial charge on any atom is -0.356 e. The van der Waals surface area contributed by atoms with Crippen molar-refractivity contribution in [1.82, 2.24) is 10.3 Å². The molecule has 0 aromatic carbocycles. The molecule has 0 spiro atoms. The summed E-state index contributed by atoms with van der Waals surface area (Å²) in [5.41, 5.74) is 1.10. The van der Waals surface area contributed by atoms with Gasteiger partial charge >= 0.3 is 0 Å². The van der Waals surface area contributed by atoms with Gasteiger partial charge in [-0.3, -0.25) is 4.79 Å². The second kappa shape index (κ2) is 7.40. The number of rotatable bonds is 5. The Bertz CT molecular complexity index is 585. The van der Waals surface area contributed by atoms with Gasteiger partial charge in [-0.15, -0.1) is 0 Å². The minimum absolute atomic E-state index is 0.119. The third-order valence-corrected chi connectivity index (χ3v) is 4.76. The molecule has 2 aromatic rings. The van der Waals surface area contributed by atoms with E-state index in [0.29, 0.717) is 12.3 Å². The number of anilines is 1. The summed E-state index contributed by atoms with van der Waals surface area (Å²) in [7, 11) is 0. The molecule has 2 aromatic heterocycles. The number of carbonyl (C=O) groups is 1. The van der Waals surface area contributed by atoms with Gasteiger partial charge in [-0.2, -0.15) is 11.3 Å². The van der Waals surface area contributed by atoms with E-state index in [-0.39, 0.29) is 5.91 Å². The fourth-order valence-electron chi connectivity index (χ4n) is 2.88. The number of nitrogens with one attached hydrogen (secondary N) is 1. The quantitative estimate of drug-likeness (QED) is 0.923. The van der Waals surface area contributed by atoms with Gasteiger partial charge in [0.05, 0.1) is 6.42 Å². The molecule has 5 heteroatoms. The Morgan fingerprint density at radius 2 is 2.36 bits per heavy atom. The summed E-state index contributed by atoms with van der Waals surface area (Å²) < 4.78 is 0. The van der Waals surface area contributed by atoms with Crippen LogP contribution in [0.15, 0.2) is 41.2 Å². The molecule has 3 heterocycles. The van der Waals surface area contributed by atoms with E-state index in [4.69, 9.17) is 0 Å². The van der Waals surface area contributed by atoms with Gasteiger partial charge in [0, 0.05) is 25.8 Å². The predicted molar refractivity (Wildman–Crippen MR) is 90.2 cm³/mol. The van der Waals surface area contributed by atoms with Gasteiger partial charge < -0.3 is 10.2 Å². The first-order valence-corrected chi connectivity index (χ1v) is 8.69. The molecule has 0 bridgehead atoms. The highest BCUT2D eigenvalue weighted by atomic mass is 32.1. The largest absolute Gasteiger partial charge is 0.356 e. The molecule has 1 fully saturated rings. The molecule has 0 radical (unpaired) electrons. The van der Waals surface area contributed by atoms with Crippen LogP contribution in [0, 0.1) is 5.92 Å². The zero-order chi connectivity index (χ0) is 15.2. The highest BCUT2D eigenvalue weighted by molar-refractivity contribution is 7.07. The van der Waals surface area contributed by atoms with Crippen molar-refractivity contribution in [3.05, 3.63) is 46.8 Å². The molecule has 116 valence electrons. The van der Waals surface area contributed by atoms with Gasteiger partial charge in [-0.25, -0.2) is 4.98 Å². The molecular weight excluding hydrogens is 294 g/mol. The van der Waals surface area contributed by atoms with Gasteiger partial charge in [-0.05, 0) is 53.3 Å². The number of hydrogen-bond donors (Lipinski definition) is 1. The molecule has 1 N–H and O–H groups in total. The van der Waals surface area contributed by atoms with Gasteiger partial charge in [0.15, 0.2) is 0 Å². The highest BCUT2D eigenvalue weighted by Gasteiger charge is 2.21. The number of thiophene rings is 1. The lowest BCUT2D eigenvalue weighted by atomic mass is 9.98. The van der Waals surface area contributed by atoms with Crippen LogP contribution in [0.2, 0.25) is 0 Å². The summed E-state index contributed by atoms with van der Waals surface area (Å²) in [6.45, 7) is 2.78. The van der Waals surface area contributed by atoms with Crippen molar-refractivity contribution in [2.45, 2.75) is 19.3 Å². The highest BCUT2D eigenvalue weighted by Crippen LogP contribution is 2.20. The molecule has 1 amide bonds. The molecule has 0 aliphatic carbocycles. The first-order valence-electron chi connectivity index (χ1n) is 7.75. The molecule has 1 aliphatic heterocycles. The maximum atomic E-state index is 12.0. The number of nitrogens with zero attached hydrogens (tertiary/aromatic N) is 2. The average Bonchev–Trinajstić information content (AvgIpc) is 3.07. The summed E-state index contributed by atoms with van der Waals surface area (Å²) in [6, 6.07) is 8.02. The number of hydrogen-bond acceptors (Lipinski definition) is 4. The van der Waals surface area contributed by atoms with E-state index in [1.54, 1.807) is 11.3 Å². The van der Waals surface area contributed by atoms with Gasteiger partial charge in [0.25, 0.3) is 0 Å². The number of pyridine rings is 1. The Labute approximate surface area is 135 Å². The standard InChI is InChI=1S/C17H21N3OS/c21-17(10-14-6-9-22-13-14)19-11-15-4-3-8-20(12-15)16-5-1-2-7-18-16/h1-2,5-7,9,13,15H,3-4,8,10-12H2,(H,19,21)/t15-/m0/s1. The molecular formula is C17H21N3OS. The third-order valence-electron chi connectivity index (χ3n) is 4.02. The van der Waals surface area contributed by atoms with E-state index in [1.807, 2.05) is 35.2 Å². The minimum atomic E-state index is 0.119. The van der Waals surface area contributed by atoms with E-state index in [2.05, 4.69) is 21.3 Å². The molecule has 0 unspecified atom stereocenters. The van der Waals surface area contributed by atoms with Crippen LogP contribution >= 0.6 is 11.3 Å². The van der Waals surface area contributed by atoms with Crippen LogP contribution in [-0.2, 0) is 11.2 Å². The summed E-state index contributed by atoms with van der Waals surface area (Å²) in [5, 5.41) is 7.12. The second-order valence-corrected chi connectivity index (χ2v) is 6.53. The smallest absolute Gasteiger partial charge is 0.224 e. The Kier molecular flexibility index (Phi) is 5.06. The summed E-state index contributed by atoms with van der Waals surface area (Å²) >= 11 is 1.63. The first kappa shape index (κ1) is 15.0. The van der Waals surface area contributed by atoms with Crippen molar-refractivity contribution >= 4 is 23.1 Å². The SMILES string of the molecule is O=C(Cc1ccsc1)NC[C@@H]1CCCN(c2ccccn2)C1. The zero-order valence-electron chi connectivity index (χ0n) is 12.6. The lowest BCUT2D eigenvalue weighted by Gasteiger charge is -2.33. The molecule has 1 saturated heterocycles. The Hall–Kier alpha value is -1.88. The second-order valence-electron chi connectivity index (χ2n) is 5.75. The van der Waals surface area contributed by atoms with Crippen molar-refractivity contribution in [3.8, 4) is 0 Å². The van der Waals surface area contributed by atoms with Crippen molar-refractivity contribution < 1.29 is 4.79 Å². The Balaban J connectivity index is 1.47. The topological polar surface area (TPSA) is 45.2 Å². The van der Waals surface area contributed by atoms with E-state index < -0.39 is 0 Å². The van der Waals surface area contributed by atoms with Crippen LogP contribution in [-0.4, -0.2) is 30.5 Å². The fourth-order valence-corrected chi connectivity index (χ4v) is 3.55. The van der Waals surface area contributed by atoms with Crippen LogP contribution in [0.5, 0.6) is 0 Å². The van der Waals surface area contributed by atoms with Crippen LogP contribution < -0.4 is 10.2 Å². The fraction of sp³-hybridized carbons (Fsp3) is 0.412. The van der Waals surface area contributed by atoms with Gasteiger partial charge in [0.2, 0.25) is 5.91 Å². The molecule has 0 saturated carbocycles. The molecule has 1 aliphatic rings. The van der Waals surface area contributed by atoms with Crippen molar-refractivity contribution in [2.75, 3.05) is 24.5 Å². The zero-order valence-corrected chi connectivity index (χ0v) is 13.4. The Morgan fingerprint density at radius 3 is 3.14 bits per heavy atom. The number of amides is 1. The van der Waals surface area contributed by atoms with Crippen molar-refractivity contribution in [3.63, 3.8) is 0 Å². The summed E-state index contributed by atoms with van der Waals surface area (Å²) in [4.78, 5) is 18.7. The molecule has 3 rings (SSSR count). The number of piperidine rings is 1. The van der Waals surface area contributed by atoms with Gasteiger partial charge in [0.1, 0.15) is 5.82 Å². The Morgan fingerprint density at radius 1 is 1.41 bits per heavy atom. The van der Waals surface area contributed by atoms with Crippen LogP contribution in [0.25, 0.3) is 0 Å². The summed E-state index contributed by atoms with van der Waals surface area (Å²) in [5.74, 6) is 1.66. The van der Waals surface area contributed by atoms with E-state index in [0.717, 1.165) is 37.4 Å². The first-order chi connectivity index (χ1) is 10.8. The summed E-state index contributed by atoms with van der Waals surface area (Å²) in [6.07, 6.45) is 4.64. The maximum absolute atomic E-state index is 12.0. The van der Waals surface area contributed by atoms with E-state index >= 15 is 0 Å². The van der Waals surface area contributed by atoms with Crippen LogP contribution in [0.3, 0.4) is 0 Å². The number of carbonyl (C=O) groups excluding carboxylic acids is 1.